The molecule has 0 aromatic heterocycles. The van der Waals surface area contributed by atoms with Crippen LogP contribution < -0.4 is 5.32 Å². The number of nitriles is 1. The summed E-state index contributed by atoms with van der Waals surface area (Å²) in [5.74, 6) is 0. The second-order valence-electron chi connectivity index (χ2n) is 4.27. The lowest BCUT2D eigenvalue weighted by atomic mass is 10.1. The first-order valence-electron chi connectivity index (χ1n) is 4.98. The SMILES string of the molecule is CC(C)(O)CNc1ccc(C#N)c([N+](=O)[O-])c1. The summed E-state index contributed by atoms with van der Waals surface area (Å²) in [5.41, 5.74) is -0.641. The van der Waals surface area contributed by atoms with Crippen LogP contribution in [0.3, 0.4) is 0 Å². The van der Waals surface area contributed by atoms with E-state index in [0.717, 1.165) is 0 Å². The normalized spacial score (nSPS) is 10.7. The van der Waals surface area contributed by atoms with Gasteiger partial charge < -0.3 is 10.4 Å². The molecule has 2 N–H and O–H groups in total. The molecule has 6 heteroatoms. The number of nitrogens with zero attached hydrogens (tertiary/aromatic N) is 2. The number of benzene rings is 1. The molecule has 0 bridgehead atoms. The smallest absolute Gasteiger partial charge is 0.289 e. The third-order valence-electron chi connectivity index (χ3n) is 2.04. The van der Waals surface area contributed by atoms with Crippen molar-refractivity contribution in [1.82, 2.24) is 0 Å². The first-order chi connectivity index (χ1) is 7.83. The monoisotopic (exact) mass is 235 g/mol. The van der Waals surface area contributed by atoms with E-state index in [9.17, 15) is 15.2 Å². The minimum atomic E-state index is -0.914. The van der Waals surface area contributed by atoms with Gasteiger partial charge >= 0.3 is 0 Å². The van der Waals surface area contributed by atoms with Gasteiger partial charge in [0, 0.05) is 18.3 Å². The summed E-state index contributed by atoms with van der Waals surface area (Å²) in [4.78, 5) is 10.1. The van der Waals surface area contributed by atoms with E-state index < -0.39 is 10.5 Å². The quantitative estimate of drug-likeness (QED) is 0.610. The lowest BCUT2D eigenvalue weighted by molar-refractivity contribution is -0.385. The fraction of sp³-hybridized carbons (Fsp3) is 0.364. The van der Waals surface area contributed by atoms with E-state index in [0.29, 0.717) is 5.69 Å². The Balaban J connectivity index is 2.94. The van der Waals surface area contributed by atoms with Gasteiger partial charge in [-0.1, -0.05) is 0 Å². The average molecular weight is 235 g/mol. The summed E-state index contributed by atoms with van der Waals surface area (Å²) in [6.07, 6.45) is 0. The molecule has 0 heterocycles. The predicted molar refractivity (Wildman–Crippen MR) is 62.6 cm³/mol. The van der Waals surface area contributed by atoms with Crippen molar-refractivity contribution in [2.75, 3.05) is 11.9 Å². The third kappa shape index (κ3) is 3.74. The number of hydrogen-bond donors (Lipinski definition) is 2. The molecule has 90 valence electrons. The highest BCUT2D eigenvalue weighted by Crippen LogP contribution is 2.22. The van der Waals surface area contributed by atoms with Gasteiger partial charge in [-0.05, 0) is 26.0 Å². The Bertz CT molecular complexity index is 472. The molecule has 0 unspecified atom stereocenters. The van der Waals surface area contributed by atoms with Crippen molar-refractivity contribution in [2.24, 2.45) is 0 Å². The second kappa shape index (κ2) is 4.80. The Morgan fingerprint density at radius 1 is 1.59 bits per heavy atom. The lowest BCUT2D eigenvalue weighted by Crippen LogP contribution is -2.29. The first-order valence-corrected chi connectivity index (χ1v) is 4.98. The largest absolute Gasteiger partial charge is 0.389 e. The molecular formula is C11H13N3O3. The van der Waals surface area contributed by atoms with E-state index in [1.165, 1.54) is 12.1 Å². The molecule has 0 spiro atoms. The van der Waals surface area contributed by atoms with Crippen LogP contribution in [0.2, 0.25) is 0 Å². The number of nitro benzene ring substituents is 1. The molecule has 0 aliphatic carbocycles. The maximum absolute atomic E-state index is 10.7. The van der Waals surface area contributed by atoms with Crippen molar-refractivity contribution < 1.29 is 10.0 Å². The van der Waals surface area contributed by atoms with Crippen molar-refractivity contribution >= 4 is 11.4 Å². The Labute approximate surface area is 98.6 Å². The fourth-order valence-electron chi connectivity index (χ4n) is 1.21. The number of hydrogen-bond acceptors (Lipinski definition) is 5. The average Bonchev–Trinajstić information content (AvgIpc) is 2.25. The van der Waals surface area contributed by atoms with E-state index in [4.69, 9.17) is 5.26 Å². The van der Waals surface area contributed by atoms with E-state index in [2.05, 4.69) is 5.32 Å². The van der Waals surface area contributed by atoms with Gasteiger partial charge in [0.2, 0.25) is 0 Å². The molecule has 0 aliphatic rings. The second-order valence-corrected chi connectivity index (χ2v) is 4.27. The minimum Gasteiger partial charge on any atom is -0.389 e. The van der Waals surface area contributed by atoms with Crippen molar-refractivity contribution in [3.8, 4) is 6.07 Å². The van der Waals surface area contributed by atoms with Crippen LogP contribution in [0.4, 0.5) is 11.4 Å². The van der Waals surface area contributed by atoms with Crippen LogP contribution in [0.15, 0.2) is 18.2 Å². The van der Waals surface area contributed by atoms with Gasteiger partial charge in [0.25, 0.3) is 5.69 Å². The molecule has 0 saturated heterocycles. The van der Waals surface area contributed by atoms with Gasteiger partial charge in [-0.2, -0.15) is 5.26 Å². The van der Waals surface area contributed by atoms with Crippen LogP contribution in [-0.4, -0.2) is 22.2 Å². The summed E-state index contributed by atoms with van der Waals surface area (Å²) in [6.45, 7) is 3.51. The predicted octanol–water partition coefficient (Wildman–Crippen LogP) is 1.65. The highest BCUT2D eigenvalue weighted by molar-refractivity contribution is 5.59. The Kier molecular flexibility index (Phi) is 3.66. The third-order valence-corrected chi connectivity index (χ3v) is 2.04. The van der Waals surface area contributed by atoms with E-state index in [1.807, 2.05) is 0 Å². The molecule has 1 aromatic rings. The molecule has 0 amide bonds. The van der Waals surface area contributed by atoms with E-state index >= 15 is 0 Å². The lowest BCUT2D eigenvalue weighted by Gasteiger charge is -2.18. The fourth-order valence-corrected chi connectivity index (χ4v) is 1.21. The summed E-state index contributed by atoms with van der Waals surface area (Å²) in [5, 5.41) is 31.8. The van der Waals surface area contributed by atoms with Crippen LogP contribution in [0.1, 0.15) is 19.4 Å². The van der Waals surface area contributed by atoms with Gasteiger partial charge in [0.05, 0.1) is 10.5 Å². The van der Waals surface area contributed by atoms with Gasteiger partial charge in [-0.3, -0.25) is 10.1 Å². The summed E-state index contributed by atoms with van der Waals surface area (Å²) in [7, 11) is 0. The number of nitro groups is 1. The Hall–Kier alpha value is -2.13. The first kappa shape index (κ1) is 12.9. The standard InChI is InChI=1S/C11H13N3O3/c1-11(2,15)7-13-9-4-3-8(6-12)10(5-9)14(16)17/h3-5,13,15H,7H2,1-2H3. The summed E-state index contributed by atoms with van der Waals surface area (Å²) >= 11 is 0. The summed E-state index contributed by atoms with van der Waals surface area (Å²) in [6, 6.07) is 5.99. The zero-order valence-electron chi connectivity index (χ0n) is 9.60. The van der Waals surface area contributed by atoms with Gasteiger partial charge in [-0.25, -0.2) is 0 Å². The molecule has 0 radical (unpaired) electrons. The van der Waals surface area contributed by atoms with Crippen molar-refractivity contribution in [2.45, 2.75) is 19.4 Å². The number of anilines is 1. The highest BCUT2D eigenvalue weighted by Gasteiger charge is 2.16. The van der Waals surface area contributed by atoms with E-state index in [-0.39, 0.29) is 17.8 Å². The maximum atomic E-state index is 10.7. The molecule has 0 saturated carbocycles. The van der Waals surface area contributed by atoms with Crippen molar-refractivity contribution in [3.63, 3.8) is 0 Å². The van der Waals surface area contributed by atoms with Crippen molar-refractivity contribution in [3.05, 3.63) is 33.9 Å². The molecule has 17 heavy (non-hydrogen) atoms. The highest BCUT2D eigenvalue weighted by atomic mass is 16.6. The van der Waals surface area contributed by atoms with E-state index in [1.54, 1.807) is 26.0 Å². The van der Waals surface area contributed by atoms with Crippen molar-refractivity contribution in [1.29, 1.82) is 5.26 Å². The van der Waals surface area contributed by atoms with Crippen LogP contribution in [0, 0.1) is 21.4 Å². The van der Waals surface area contributed by atoms with Gasteiger partial charge in [0.1, 0.15) is 11.6 Å². The molecular weight excluding hydrogens is 222 g/mol. The van der Waals surface area contributed by atoms with Crippen LogP contribution in [0.5, 0.6) is 0 Å². The van der Waals surface area contributed by atoms with Crippen LogP contribution in [-0.2, 0) is 0 Å². The van der Waals surface area contributed by atoms with Gasteiger partial charge in [0.15, 0.2) is 0 Å². The van der Waals surface area contributed by atoms with Crippen LogP contribution in [0.25, 0.3) is 0 Å². The Morgan fingerprint density at radius 2 is 2.24 bits per heavy atom. The zero-order chi connectivity index (χ0) is 13.1. The minimum absolute atomic E-state index is 0.0174. The maximum Gasteiger partial charge on any atom is 0.289 e. The molecule has 1 aromatic carbocycles. The number of nitrogens with one attached hydrogen (secondary N) is 1. The zero-order valence-corrected chi connectivity index (χ0v) is 9.60. The molecule has 0 atom stereocenters. The summed E-state index contributed by atoms with van der Waals surface area (Å²) < 4.78 is 0. The number of aliphatic hydroxyl groups is 1. The molecule has 0 aliphatic heterocycles. The van der Waals surface area contributed by atoms with Gasteiger partial charge in [-0.15, -0.1) is 0 Å². The molecule has 0 fully saturated rings. The molecule has 6 nitrogen and oxygen atoms in total. The topological polar surface area (TPSA) is 99.2 Å². The number of rotatable bonds is 4. The van der Waals surface area contributed by atoms with Crippen LogP contribution >= 0.6 is 0 Å². The Morgan fingerprint density at radius 3 is 2.71 bits per heavy atom. The molecule has 1 rings (SSSR count).